The first-order valence-electron chi connectivity index (χ1n) is 8.04. The van der Waals surface area contributed by atoms with Gasteiger partial charge in [0.1, 0.15) is 18.1 Å². The lowest BCUT2D eigenvalue weighted by Gasteiger charge is -2.17. The maximum absolute atomic E-state index is 13.3. The highest BCUT2D eigenvalue weighted by Crippen LogP contribution is 2.33. The normalized spacial score (nSPS) is 10.5. The van der Waals surface area contributed by atoms with Gasteiger partial charge in [0.2, 0.25) is 0 Å². The van der Waals surface area contributed by atoms with E-state index in [9.17, 15) is 13.6 Å². The van der Waals surface area contributed by atoms with E-state index in [1.807, 2.05) is 6.92 Å². The molecule has 0 spiro atoms. The van der Waals surface area contributed by atoms with Crippen molar-refractivity contribution in [2.24, 2.45) is 0 Å². The molecule has 2 aromatic rings. The smallest absolute Gasteiger partial charge is 0.411 e. The molecule has 140 valence electrons. The largest absolute Gasteiger partial charge is 0.496 e. The van der Waals surface area contributed by atoms with E-state index >= 15 is 0 Å². The van der Waals surface area contributed by atoms with Crippen molar-refractivity contribution in [1.29, 1.82) is 0 Å². The Morgan fingerprint density at radius 3 is 2.54 bits per heavy atom. The SMILES string of the molecule is CCc1ccc(OCc2c(NC(=O)OC)cccc2OC)c(C(F)F)c1. The van der Waals surface area contributed by atoms with Gasteiger partial charge in [0, 0.05) is 0 Å². The first-order chi connectivity index (χ1) is 12.5. The Morgan fingerprint density at radius 2 is 1.92 bits per heavy atom. The Labute approximate surface area is 150 Å². The van der Waals surface area contributed by atoms with Gasteiger partial charge in [0.05, 0.1) is 31.0 Å². The standard InChI is InChI=1S/C19H21F2NO4/c1-4-12-8-9-17(13(10-12)18(20)21)26-11-14-15(22-19(23)25-3)6-5-7-16(14)24-2/h5-10,18H,4,11H2,1-3H3,(H,22,23). The van der Waals surface area contributed by atoms with E-state index in [2.05, 4.69) is 10.1 Å². The molecule has 0 fully saturated rings. The van der Waals surface area contributed by atoms with Gasteiger partial charge in [-0.2, -0.15) is 0 Å². The molecule has 2 aromatic carbocycles. The number of benzene rings is 2. The monoisotopic (exact) mass is 365 g/mol. The van der Waals surface area contributed by atoms with Crippen LogP contribution in [0.2, 0.25) is 0 Å². The number of aryl methyl sites for hydroxylation is 1. The van der Waals surface area contributed by atoms with E-state index in [1.165, 1.54) is 26.4 Å². The molecule has 1 N–H and O–H groups in total. The van der Waals surface area contributed by atoms with Gasteiger partial charge in [0.15, 0.2) is 0 Å². The van der Waals surface area contributed by atoms with Crippen LogP contribution in [0, 0.1) is 0 Å². The number of ether oxygens (including phenoxy) is 3. The summed E-state index contributed by atoms with van der Waals surface area (Å²) in [7, 11) is 2.72. The van der Waals surface area contributed by atoms with Crippen LogP contribution in [-0.4, -0.2) is 20.3 Å². The van der Waals surface area contributed by atoms with Gasteiger partial charge in [-0.05, 0) is 36.2 Å². The number of carbonyl (C=O) groups excluding carboxylic acids is 1. The maximum atomic E-state index is 13.3. The van der Waals surface area contributed by atoms with E-state index in [4.69, 9.17) is 9.47 Å². The summed E-state index contributed by atoms with van der Waals surface area (Å²) in [6.07, 6.45) is -2.65. The Kier molecular flexibility index (Phi) is 6.77. The van der Waals surface area contributed by atoms with Crippen molar-refractivity contribution in [2.45, 2.75) is 26.4 Å². The average Bonchev–Trinajstić information content (AvgIpc) is 2.66. The number of hydrogen-bond acceptors (Lipinski definition) is 4. The van der Waals surface area contributed by atoms with Crippen LogP contribution in [0.1, 0.15) is 30.0 Å². The topological polar surface area (TPSA) is 56.8 Å². The summed E-state index contributed by atoms with van der Waals surface area (Å²) in [4.78, 5) is 11.5. The molecule has 2 rings (SSSR count). The molecule has 0 bridgehead atoms. The second-order valence-electron chi connectivity index (χ2n) is 5.42. The van der Waals surface area contributed by atoms with E-state index in [1.54, 1.807) is 24.3 Å². The molecule has 5 nitrogen and oxygen atoms in total. The molecule has 0 aliphatic heterocycles. The number of nitrogens with one attached hydrogen (secondary N) is 1. The zero-order chi connectivity index (χ0) is 19.1. The molecule has 1 amide bonds. The lowest BCUT2D eigenvalue weighted by Crippen LogP contribution is -2.14. The summed E-state index contributed by atoms with van der Waals surface area (Å²) < 4.78 is 42.2. The first kappa shape index (κ1) is 19.5. The first-order valence-corrected chi connectivity index (χ1v) is 8.04. The van der Waals surface area contributed by atoms with Crippen LogP contribution in [-0.2, 0) is 17.8 Å². The third kappa shape index (κ3) is 4.62. The van der Waals surface area contributed by atoms with Crippen LogP contribution in [0.5, 0.6) is 11.5 Å². The van der Waals surface area contributed by atoms with Gasteiger partial charge in [-0.25, -0.2) is 13.6 Å². The van der Waals surface area contributed by atoms with E-state index in [0.717, 1.165) is 5.56 Å². The molecule has 0 saturated carbocycles. The minimum Gasteiger partial charge on any atom is -0.496 e. The van der Waals surface area contributed by atoms with Crippen LogP contribution >= 0.6 is 0 Å². The summed E-state index contributed by atoms with van der Waals surface area (Å²) >= 11 is 0. The summed E-state index contributed by atoms with van der Waals surface area (Å²) in [6, 6.07) is 9.74. The van der Waals surface area contributed by atoms with Gasteiger partial charge in [0.25, 0.3) is 6.43 Å². The molecule has 0 saturated heterocycles. The molecule has 26 heavy (non-hydrogen) atoms. The second kappa shape index (κ2) is 9.03. The van der Waals surface area contributed by atoms with Gasteiger partial charge in [-0.1, -0.05) is 19.1 Å². The van der Waals surface area contributed by atoms with Gasteiger partial charge in [-0.15, -0.1) is 0 Å². The zero-order valence-electron chi connectivity index (χ0n) is 14.8. The fourth-order valence-corrected chi connectivity index (χ4v) is 2.45. The molecular formula is C19H21F2NO4. The third-order valence-electron chi connectivity index (χ3n) is 3.86. The lowest BCUT2D eigenvalue weighted by molar-refractivity contribution is 0.144. The fraction of sp³-hybridized carbons (Fsp3) is 0.316. The number of carbonyl (C=O) groups is 1. The van der Waals surface area contributed by atoms with E-state index in [-0.39, 0.29) is 17.9 Å². The minimum atomic E-state index is -2.65. The highest BCUT2D eigenvalue weighted by molar-refractivity contribution is 5.86. The summed E-state index contributed by atoms with van der Waals surface area (Å²) in [5.41, 5.74) is 1.57. The quantitative estimate of drug-likeness (QED) is 0.754. The van der Waals surface area contributed by atoms with Gasteiger partial charge < -0.3 is 14.2 Å². The molecule has 0 radical (unpaired) electrons. The highest BCUT2D eigenvalue weighted by atomic mass is 19.3. The predicted molar refractivity (Wildman–Crippen MR) is 94.1 cm³/mol. The minimum absolute atomic E-state index is 0.0610. The maximum Gasteiger partial charge on any atom is 0.411 e. The Bertz CT molecular complexity index is 765. The molecule has 7 heteroatoms. The number of rotatable bonds is 7. The van der Waals surface area contributed by atoms with Crippen LogP contribution in [0.15, 0.2) is 36.4 Å². The molecular weight excluding hydrogens is 344 g/mol. The third-order valence-corrected chi connectivity index (χ3v) is 3.86. The van der Waals surface area contributed by atoms with Crippen molar-refractivity contribution in [3.8, 4) is 11.5 Å². The summed E-state index contributed by atoms with van der Waals surface area (Å²) in [5.74, 6) is 0.551. The Balaban J connectivity index is 2.30. The molecule has 0 aromatic heterocycles. The predicted octanol–water partition coefficient (Wildman–Crippen LogP) is 4.95. The van der Waals surface area contributed by atoms with Crippen molar-refractivity contribution >= 4 is 11.8 Å². The number of hydrogen-bond donors (Lipinski definition) is 1. The van der Waals surface area contributed by atoms with Crippen molar-refractivity contribution in [2.75, 3.05) is 19.5 Å². The van der Waals surface area contributed by atoms with Crippen molar-refractivity contribution in [3.05, 3.63) is 53.1 Å². The van der Waals surface area contributed by atoms with Crippen LogP contribution < -0.4 is 14.8 Å². The number of alkyl halides is 2. The van der Waals surface area contributed by atoms with E-state index in [0.29, 0.717) is 23.4 Å². The summed E-state index contributed by atoms with van der Waals surface area (Å²) in [5, 5.41) is 2.56. The number of methoxy groups -OCH3 is 2. The van der Waals surface area contributed by atoms with Gasteiger partial charge >= 0.3 is 6.09 Å². The van der Waals surface area contributed by atoms with Gasteiger partial charge in [-0.3, -0.25) is 5.32 Å². The Hall–Kier alpha value is -2.83. The van der Waals surface area contributed by atoms with Crippen molar-refractivity contribution < 1.29 is 27.8 Å². The van der Waals surface area contributed by atoms with Crippen molar-refractivity contribution in [3.63, 3.8) is 0 Å². The average molecular weight is 365 g/mol. The molecule has 0 aliphatic rings. The zero-order valence-corrected chi connectivity index (χ0v) is 14.8. The molecule has 0 unspecified atom stereocenters. The van der Waals surface area contributed by atoms with Crippen molar-refractivity contribution in [1.82, 2.24) is 0 Å². The molecule has 0 aliphatic carbocycles. The second-order valence-corrected chi connectivity index (χ2v) is 5.42. The van der Waals surface area contributed by atoms with Crippen LogP contribution in [0.25, 0.3) is 0 Å². The molecule has 0 atom stereocenters. The number of amides is 1. The fourth-order valence-electron chi connectivity index (χ4n) is 2.45. The Morgan fingerprint density at radius 1 is 1.15 bits per heavy atom. The molecule has 0 heterocycles. The van der Waals surface area contributed by atoms with Crippen LogP contribution in [0.3, 0.4) is 0 Å². The number of anilines is 1. The van der Waals surface area contributed by atoms with E-state index < -0.39 is 12.5 Å². The lowest BCUT2D eigenvalue weighted by atomic mass is 10.1. The summed E-state index contributed by atoms with van der Waals surface area (Å²) in [6.45, 7) is 1.83. The van der Waals surface area contributed by atoms with Crippen LogP contribution in [0.4, 0.5) is 19.3 Å². The highest BCUT2D eigenvalue weighted by Gasteiger charge is 2.17. The number of halogens is 2.